The molecule has 9 heteroatoms. The average molecular weight is 573 g/mol. The van der Waals surface area contributed by atoms with Crippen molar-refractivity contribution < 1.29 is 43.2 Å². The summed E-state index contributed by atoms with van der Waals surface area (Å²) in [5, 5.41) is 12.3. The molecule has 0 aliphatic heterocycles. The van der Waals surface area contributed by atoms with Gasteiger partial charge in [-0.1, -0.05) is 31.2 Å². The van der Waals surface area contributed by atoms with E-state index in [0.717, 1.165) is 28.0 Å². The van der Waals surface area contributed by atoms with Crippen molar-refractivity contribution in [1.29, 1.82) is 0 Å². The van der Waals surface area contributed by atoms with E-state index in [-0.39, 0.29) is 13.2 Å². The fourth-order valence-corrected chi connectivity index (χ4v) is 4.12. The van der Waals surface area contributed by atoms with E-state index in [1.54, 1.807) is 79.7 Å². The highest BCUT2D eigenvalue weighted by Gasteiger charge is 2.17. The SMILES string of the molecule is CCCOC(=O)c1ccc2cc(C(=O)OC(C)COC(=O)c3ccc4cc(C(=O)OCC(C)O)ccc4c3)ccc2c1. The molecule has 0 fully saturated rings. The Morgan fingerprint density at radius 1 is 0.595 bits per heavy atom. The normalized spacial score (nSPS) is 12.4. The zero-order chi connectivity index (χ0) is 30.2. The maximum absolute atomic E-state index is 12.7. The predicted molar refractivity (Wildman–Crippen MR) is 156 cm³/mol. The second kappa shape index (κ2) is 13.7. The van der Waals surface area contributed by atoms with Crippen LogP contribution in [0.3, 0.4) is 0 Å². The third-order valence-corrected chi connectivity index (χ3v) is 6.27. The molecule has 42 heavy (non-hydrogen) atoms. The molecular formula is C33H32O9. The molecule has 0 radical (unpaired) electrons. The zero-order valence-electron chi connectivity index (χ0n) is 23.6. The molecule has 4 aromatic carbocycles. The summed E-state index contributed by atoms with van der Waals surface area (Å²) in [6, 6.07) is 19.9. The van der Waals surface area contributed by atoms with Crippen LogP contribution in [0.25, 0.3) is 21.5 Å². The lowest BCUT2D eigenvalue weighted by Gasteiger charge is -2.14. The minimum absolute atomic E-state index is 0.100. The second-order valence-corrected chi connectivity index (χ2v) is 9.95. The van der Waals surface area contributed by atoms with E-state index >= 15 is 0 Å². The summed E-state index contributed by atoms with van der Waals surface area (Å²) < 4.78 is 21.0. The number of benzene rings is 4. The van der Waals surface area contributed by atoms with Crippen LogP contribution in [0.2, 0.25) is 0 Å². The summed E-state index contributed by atoms with van der Waals surface area (Å²) in [5.41, 5.74) is 1.40. The minimum Gasteiger partial charge on any atom is -0.462 e. The number of aliphatic hydroxyl groups is 1. The van der Waals surface area contributed by atoms with Crippen LogP contribution in [-0.2, 0) is 18.9 Å². The lowest BCUT2D eigenvalue weighted by atomic mass is 10.0. The number of esters is 4. The van der Waals surface area contributed by atoms with Gasteiger partial charge in [0.05, 0.1) is 35.0 Å². The highest BCUT2D eigenvalue weighted by atomic mass is 16.6. The van der Waals surface area contributed by atoms with Crippen LogP contribution in [0.4, 0.5) is 0 Å². The van der Waals surface area contributed by atoms with Crippen molar-refractivity contribution in [2.75, 3.05) is 19.8 Å². The number of carbonyl (C=O) groups excluding carboxylic acids is 4. The highest BCUT2D eigenvalue weighted by Crippen LogP contribution is 2.21. The number of hydrogen-bond acceptors (Lipinski definition) is 9. The van der Waals surface area contributed by atoms with Gasteiger partial charge in [-0.15, -0.1) is 0 Å². The van der Waals surface area contributed by atoms with Gasteiger partial charge in [-0.2, -0.15) is 0 Å². The minimum atomic E-state index is -0.758. The Balaban J connectivity index is 1.32. The largest absolute Gasteiger partial charge is 0.462 e. The maximum atomic E-state index is 12.7. The maximum Gasteiger partial charge on any atom is 0.338 e. The monoisotopic (exact) mass is 572 g/mol. The number of fused-ring (bicyclic) bond motifs is 2. The van der Waals surface area contributed by atoms with E-state index in [4.69, 9.17) is 18.9 Å². The fraction of sp³-hybridized carbons (Fsp3) is 0.273. The summed E-state index contributed by atoms with van der Waals surface area (Å²) in [7, 11) is 0. The number of hydrogen-bond donors (Lipinski definition) is 1. The first-order valence-corrected chi connectivity index (χ1v) is 13.6. The molecule has 0 saturated carbocycles. The van der Waals surface area contributed by atoms with E-state index < -0.39 is 36.1 Å². The third kappa shape index (κ3) is 7.70. The average Bonchev–Trinajstić information content (AvgIpc) is 3.00. The number of ether oxygens (including phenoxy) is 4. The molecule has 0 spiro atoms. The molecule has 0 aromatic heterocycles. The first-order valence-electron chi connectivity index (χ1n) is 13.6. The van der Waals surface area contributed by atoms with Crippen LogP contribution in [0.5, 0.6) is 0 Å². The van der Waals surface area contributed by atoms with Gasteiger partial charge in [0.25, 0.3) is 0 Å². The van der Waals surface area contributed by atoms with Crippen molar-refractivity contribution in [3.8, 4) is 0 Å². The first-order chi connectivity index (χ1) is 20.1. The molecule has 0 amide bonds. The third-order valence-electron chi connectivity index (χ3n) is 6.27. The first kappa shape index (κ1) is 30.2. The van der Waals surface area contributed by atoms with Crippen molar-refractivity contribution in [2.24, 2.45) is 0 Å². The summed E-state index contributed by atoms with van der Waals surface area (Å²) in [6.45, 7) is 5.18. The van der Waals surface area contributed by atoms with Gasteiger partial charge in [-0.3, -0.25) is 0 Å². The molecule has 9 nitrogen and oxygen atoms in total. The molecule has 218 valence electrons. The number of carbonyl (C=O) groups is 4. The summed E-state index contributed by atoms with van der Waals surface area (Å²) in [4.78, 5) is 49.6. The van der Waals surface area contributed by atoms with Gasteiger partial charge in [-0.25, -0.2) is 19.2 Å². The number of aliphatic hydroxyl groups excluding tert-OH is 1. The molecule has 2 atom stereocenters. The van der Waals surface area contributed by atoms with Crippen molar-refractivity contribution in [2.45, 2.75) is 39.4 Å². The van der Waals surface area contributed by atoms with Crippen LogP contribution in [-0.4, -0.2) is 61.0 Å². The topological polar surface area (TPSA) is 125 Å². The van der Waals surface area contributed by atoms with Crippen LogP contribution in [0.15, 0.2) is 72.8 Å². The standard InChI is InChI=1S/C33H32O9/c1-4-13-39-30(35)26-9-5-25-17-29(12-8-24(25)14-26)33(38)42-21(3)19-41-32(37)28-11-7-22-15-27(10-6-23(22)16-28)31(36)40-18-20(2)34/h5-12,14-17,20-21,34H,4,13,18-19H2,1-3H3. The van der Waals surface area contributed by atoms with E-state index in [1.807, 2.05) is 6.92 Å². The Labute approximate surface area is 242 Å². The van der Waals surface area contributed by atoms with Crippen LogP contribution in [0.1, 0.15) is 68.6 Å². The van der Waals surface area contributed by atoms with E-state index in [1.165, 1.54) is 6.92 Å². The predicted octanol–water partition coefficient (Wildman–Crippen LogP) is 5.50. The summed E-state index contributed by atoms with van der Waals surface area (Å²) >= 11 is 0. The molecule has 1 N–H and O–H groups in total. The van der Waals surface area contributed by atoms with E-state index in [2.05, 4.69) is 0 Å². The van der Waals surface area contributed by atoms with Crippen molar-refractivity contribution in [3.05, 3.63) is 95.1 Å². The Kier molecular flexibility index (Phi) is 9.88. The van der Waals surface area contributed by atoms with Crippen LogP contribution >= 0.6 is 0 Å². The number of rotatable bonds is 11. The Hall–Kier alpha value is -4.76. The smallest absolute Gasteiger partial charge is 0.338 e. The summed E-state index contributed by atoms with van der Waals surface area (Å²) in [6.07, 6.45) is -0.726. The highest BCUT2D eigenvalue weighted by molar-refractivity contribution is 6.00. The molecule has 0 saturated heterocycles. The molecule has 0 bridgehead atoms. The lowest BCUT2D eigenvalue weighted by Crippen LogP contribution is -2.22. The van der Waals surface area contributed by atoms with Gasteiger partial charge in [0.1, 0.15) is 19.3 Å². The van der Waals surface area contributed by atoms with Gasteiger partial charge in [0.15, 0.2) is 0 Å². The van der Waals surface area contributed by atoms with Gasteiger partial charge in [0, 0.05) is 0 Å². The molecular weight excluding hydrogens is 540 g/mol. The molecule has 0 aliphatic carbocycles. The van der Waals surface area contributed by atoms with Gasteiger partial charge >= 0.3 is 23.9 Å². The molecule has 4 aromatic rings. The van der Waals surface area contributed by atoms with Gasteiger partial charge in [0.2, 0.25) is 0 Å². The van der Waals surface area contributed by atoms with Crippen molar-refractivity contribution in [3.63, 3.8) is 0 Å². The van der Waals surface area contributed by atoms with Crippen LogP contribution in [0, 0.1) is 0 Å². The van der Waals surface area contributed by atoms with Crippen molar-refractivity contribution in [1.82, 2.24) is 0 Å². The van der Waals surface area contributed by atoms with Crippen molar-refractivity contribution >= 4 is 45.4 Å². The molecule has 0 heterocycles. The van der Waals surface area contributed by atoms with Crippen LogP contribution < -0.4 is 0 Å². The Bertz CT molecular complexity index is 1620. The van der Waals surface area contributed by atoms with Gasteiger partial charge in [-0.05, 0) is 90.3 Å². The quantitative estimate of drug-likeness (QED) is 0.183. The second-order valence-electron chi connectivity index (χ2n) is 9.95. The van der Waals surface area contributed by atoms with E-state index in [9.17, 15) is 24.3 Å². The Morgan fingerprint density at radius 2 is 0.976 bits per heavy atom. The van der Waals surface area contributed by atoms with Gasteiger partial charge < -0.3 is 24.1 Å². The molecule has 0 aliphatic rings. The fourth-order valence-electron chi connectivity index (χ4n) is 4.12. The molecule has 4 rings (SSSR count). The Morgan fingerprint density at radius 3 is 1.38 bits per heavy atom. The lowest BCUT2D eigenvalue weighted by molar-refractivity contribution is 0.00450. The summed E-state index contributed by atoms with van der Waals surface area (Å²) in [5.74, 6) is -2.10. The molecule has 2 unspecified atom stereocenters. The van der Waals surface area contributed by atoms with E-state index in [0.29, 0.717) is 28.9 Å². The zero-order valence-corrected chi connectivity index (χ0v) is 23.6.